The van der Waals surface area contributed by atoms with Gasteiger partial charge in [0.15, 0.2) is 5.36 Å². The van der Waals surface area contributed by atoms with Gasteiger partial charge >= 0.3 is 0 Å². The molecule has 2 heterocycles. The minimum atomic E-state index is -0.298. The van der Waals surface area contributed by atoms with E-state index in [1.165, 1.54) is 6.20 Å². The van der Waals surface area contributed by atoms with Crippen molar-refractivity contribution in [3.63, 3.8) is 0 Å². The summed E-state index contributed by atoms with van der Waals surface area (Å²) >= 11 is 0. The normalized spacial score (nSPS) is 13.6. The summed E-state index contributed by atoms with van der Waals surface area (Å²) in [5.74, 6) is -0.114. The predicted molar refractivity (Wildman–Crippen MR) is 37.1 cm³/mol. The van der Waals surface area contributed by atoms with Crippen molar-refractivity contribution in [1.82, 2.24) is 4.98 Å². The fourth-order valence-electron chi connectivity index (χ4n) is 0.903. The summed E-state index contributed by atoms with van der Waals surface area (Å²) in [6.45, 7) is 0. The van der Waals surface area contributed by atoms with E-state index in [-0.39, 0.29) is 16.9 Å². The number of hydrogen-bond acceptors (Lipinski definition) is 2. The van der Waals surface area contributed by atoms with E-state index in [2.05, 4.69) is 15.0 Å². The smallest absolute Gasteiger partial charge is 0.276 e. The van der Waals surface area contributed by atoms with Crippen LogP contribution in [-0.2, 0) is 0 Å². The molecule has 0 aliphatic carbocycles. The molecular weight excluding hydrogens is 144 g/mol. The first kappa shape index (κ1) is 5.96. The lowest BCUT2D eigenvalue weighted by Gasteiger charge is -1.77. The molecule has 2 N–H and O–H groups in total. The standard InChI is InChI=1S/C6H4N4O/c7-6-9-3-1-2-8-5(11)4(3)10-6/h1-2,7H,(H,8,11). The van der Waals surface area contributed by atoms with Crippen LogP contribution in [-0.4, -0.2) is 10.9 Å². The van der Waals surface area contributed by atoms with Crippen molar-refractivity contribution in [2.45, 2.75) is 0 Å². The van der Waals surface area contributed by atoms with Crippen LogP contribution in [0.15, 0.2) is 27.0 Å². The van der Waals surface area contributed by atoms with E-state index in [1.54, 1.807) is 6.07 Å². The maximum atomic E-state index is 11.0. The molecule has 0 saturated carbocycles. The highest BCUT2D eigenvalue weighted by Crippen LogP contribution is 1.76. The van der Waals surface area contributed by atoms with E-state index in [0.717, 1.165) is 0 Å². The Morgan fingerprint density at radius 3 is 3.00 bits per heavy atom. The van der Waals surface area contributed by atoms with Crippen LogP contribution in [0.4, 0.5) is 0 Å². The summed E-state index contributed by atoms with van der Waals surface area (Å²) in [6.07, 6.45) is 1.48. The monoisotopic (exact) mass is 148 g/mol. The van der Waals surface area contributed by atoms with Crippen LogP contribution in [0.1, 0.15) is 0 Å². The Hall–Kier alpha value is -1.78. The Bertz CT molecular complexity index is 484. The Balaban J connectivity index is 3.10. The Kier molecular flexibility index (Phi) is 1.00. The number of nitrogens with zero attached hydrogens (tertiary/aromatic N) is 2. The summed E-state index contributed by atoms with van der Waals surface area (Å²) in [5, 5.41) is 7.75. The Labute approximate surface area is 60.6 Å². The molecule has 1 aliphatic heterocycles. The van der Waals surface area contributed by atoms with Crippen molar-refractivity contribution in [2.24, 2.45) is 9.98 Å². The number of H-pyrrole nitrogens is 1. The van der Waals surface area contributed by atoms with E-state index < -0.39 is 0 Å². The van der Waals surface area contributed by atoms with Crippen molar-refractivity contribution in [3.05, 3.63) is 33.3 Å². The molecule has 0 unspecified atom stereocenters. The van der Waals surface area contributed by atoms with Crippen LogP contribution >= 0.6 is 0 Å². The highest BCUT2D eigenvalue weighted by atomic mass is 16.1. The molecule has 1 aromatic rings. The first-order valence-corrected chi connectivity index (χ1v) is 3.01. The van der Waals surface area contributed by atoms with Crippen LogP contribution in [0.25, 0.3) is 0 Å². The average Bonchev–Trinajstić information content (AvgIpc) is 2.31. The lowest BCUT2D eigenvalue weighted by atomic mass is 10.4. The van der Waals surface area contributed by atoms with Crippen LogP contribution in [0.2, 0.25) is 0 Å². The maximum Gasteiger partial charge on any atom is 0.276 e. The lowest BCUT2D eigenvalue weighted by Crippen LogP contribution is -2.38. The fraction of sp³-hybridized carbons (Fsp3) is 0. The largest absolute Gasteiger partial charge is 0.327 e. The van der Waals surface area contributed by atoms with Crippen LogP contribution in [0.5, 0.6) is 0 Å². The third-order valence-corrected chi connectivity index (χ3v) is 1.36. The molecule has 11 heavy (non-hydrogen) atoms. The van der Waals surface area contributed by atoms with Gasteiger partial charge in [0.1, 0.15) is 5.36 Å². The molecule has 0 radical (unpaired) electrons. The van der Waals surface area contributed by atoms with Gasteiger partial charge in [-0.25, -0.2) is 9.98 Å². The van der Waals surface area contributed by atoms with E-state index >= 15 is 0 Å². The van der Waals surface area contributed by atoms with Crippen molar-refractivity contribution >= 4 is 5.96 Å². The average molecular weight is 148 g/mol. The summed E-state index contributed by atoms with van der Waals surface area (Å²) in [5.41, 5.74) is -0.298. The van der Waals surface area contributed by atoms with Gasteiger partial charge in [0.25, 0.3) is 5.56 Å². The van der Waals surface area contributed by atoms with Gasteiger partial charge in [-0.1, -0.05) is 0 Å². The first-order chi connectivity index (χ1) is 5.27. The predicted octanol–water partition coefficient (Wildman–Crippen LogP) is -1.44. The molecule has 0 saturated heterocycles. The number of guanidine groups is 1. The van der Waals surface area contributed by atoms with Crippen molar-refractivity contribution in [3.8, 4) is 0 Å². The number of aromatic amines is 1. The summed E-state index contributed by atoms with van der Waals surface area (Å²) < 4.78 is 0. The quantitative estimate of drug-likeness (QED) is 0.464. The second-order valence-corrected chi connectivity index (χ2v) is 2.09. The zero-order valence-corrected chi connectivity index (χ0v) is 5.46. The van der Waals surface area contributed by atoms with Gasteiger partial charge in [0.05, 0.1) is 0 Å². The molecule has 0 spiro atoms. The molecule has 1 aromatic heterocycles. The van der Waals surface area contributed by atoms with Crippen molar-refractivity contribution < 1.29 is 0 Å². The van der Waals surface area contributed by atoms with Gasteiger partial charge in [-0.2, -0.15) is 0 Å². The molecule has 0 bridgehead atoms. The van der Waals surface area contributed by atoms with E-state index in [9.17, 15) is 4.79 Å². The van der Waals surface area contributed by atoms with Crippen molar-refractivity contribution in [2.75, 3.05) is 0 Å². The van der Waals surface area contributed by atoms with E-state index in [0.29, 0.717) is 5.36 Å². The molecule has 0 fully saturated rings. The minimum Gasteiger partial charge on any atom is -0.327 e. The van der Waals surface area contributed by atoms with Crippen LogP contribution < -0.4 is 16.3 Å². The van der Waals surface area contributed by atoms with Gasteiger partial charge in [-0.3, -0.25) is 10.2 Å². The third-order valence-electron chi connectivity index (χ3n) is 1.36. The number of rotatable bonds is 0. The SMILES string of the molecule is N=C1N=c2cc[nH]c(=O)c2=N1. The molecule has 2 rings (SSSR count). The summed E-state index contributed by atoms with van der Waals surface area (Å²) in [6, 6.07) is 1.61. The number of hydrogen-bond donors (Lipinski definition) is 2. The second-order valence-electron chi connectivity index (χ2n) is 2.09. The zero-order chi connectivity index (χ0) is 7.84. The third kappa shape index (κ3) is 0.778. The van der Waals surface area contributed by atoms with Crippen LogP contribution in [0.3, 0.4) is 0 Å². The minimum absolute atomic E-state index is 0.114. The molecule has 5 heteroatoms. The summed E-state index contributed by atoms with van der Waals surface area (Å²) in [7, 11) is 0. The molecule has 0 aromatic carbocycles. The fourth-order valence-corrected chi connectivity index (χ4v) is 0.903. The highest BCUT2D eigenvalue weighted by Gasteiger charge is 2.02. The lowest BCUT2D eigenvalue weighted by molar-refractivity contribution is 1.14. The van der Waals surface area contributed by atoms with Crippen molar-refractivity contribution in [1.29, 1.82) is 5.41 Å². The zero-order valence-electron chi connectivity index (χ0n) is 5.46. The second kappa shape index (κ2) is 1.85. The number of nitrogens with one attached hydrogen (secondary N) is 2. The van der Waals surface area contributed by atoms with Gasteiger partial charge in [0, 0.05) is 6.20 Å². The molecular formula is C6H4N4O. The van der Waals surface area contributed by atoms with E-state index in [4.69, 9.17) is 5.41 Å². The van der Waals surface area contributed by atoms with Gasteiger partial charge in [-0.15, -0.1) is 0 Å². The van der Waals surface area contributed by atoms with Gasteiger partial charge in [0.2, 0.25) is 5.96 Å². The van der Waals surface area contributed by atoms with Crippen LogP contribution in [0, 0.1) is 5.41 Å². The number of aromatic nitrogens is 1. The molecule has 0 amide bonds. The molecule has 5 nitrogen and oxygen atoms in total. The molecule has 54 valence electrons. The van der Waals surface area contributed by atoms with Gasteiger partial charge in [-0.05, 0) is 6.07 Å². The summed E-state index contributed by atoms with van der Waals surface area (Å²) in [4.78, 5) is 20.7. The Morgan fingerprint density at radius 2 is 2.27 bits per heavy atom. The maximum absolute atomic E-state index is 11.0. The van der Waals surface area contributed by atoms with Gasteiger partial charge < -0.3 is 4.98 Å². The first-order valence-electron chi connectivity index (χ1n) is 3.01. The molecule has 0 atom stereocenters. The highest BCUT2D eigenvalue weighted by molar-refractivity contribution is 5.79. The Morgan fingerprint density at radius 1 is 1.45 bits per heavy atom. The topological polar surface area (TPSA) is 81.4 Å². The number of fused-ring (bicyclic) bond motifs is 1. The van der Waals surface area contributed by atoms with E-state index in [1.807, 2.05) is 0 Å². The molecule has 1 aliphatic rings. The number of pyridine rings is 1.